The first-order valence-electron chi connectivity index (χ1n) is 6.66. The first kappa shape index (κ1) is 11.0. The third-order valence-electron chi connectivity index (χ3n) is 3.84. The van der Waals surface area contributed by atoms with Crippen molar-refractivity contribution in [3.63, 3.8) is 0 Å². The molecule has 0 saturated heterocycles. The van der Waals surface area contributed by atoms with Gasteiger partial charge in [-0.05, 0) is 31.6 Å². The zero-order valence-electron chi connectivity index (χ0n) is 9.97. The van der Waals surface area contributed by atoms with Gasteiger partial charge in [-0.2, -0.15) is 0 Å². The average Bonchev–Trinajstić information content (AvgIpc) is 2.46. The van der Waals surface area contributed by atoms with Gasteiger partial charge in [0.15, 0.2) is 0 Å². The molecule has 15 heavy (non-hydrogen) atoms. The van der Waals surface area contributed by atoms with Crippen molar-refractivity contribution in [2.24, 2.45) is 10.9 Å². The van der Waals surface area contributed by atoms with E-state index in [4.69, 9.17) is 0 Å². The molecule has 0 aromatic rings. The molecule has 86 valence electrons. The minimum Gasteiger partial charge on any atom is -0.371 e. The van der Waals surface area contributed by atoms with Crippen LogP contribution in [0.5, 0.6) is 0 Å². The summed E-state index contributed by atoms with van der Waals surface area (Å²) < 4.78 is 0. The van der Waals surface area contributed by atoms with Gasteiger partial charge in [0.2, 0.25) is 0 Å². The number of aliphatic imine (C=N–C) groups is 1. The van der Waals surface area contributed by atoms with Gasteiger partial charge < -0.3 is 5.32 Å². The molecular weight excluding hydrogens is 184 g/mol. The normalized spacial score (nSPS) is 33.0. The molecule has 1 aliphatic heterocycles. The molecule has 0 spiro atoms. The fourth-order valence-electron chi connectivity index (χ4n) is 2.74. The molecule has 1 fully saturated rings. The van der Waals surface area contributed by atoms with Crippen LogP contribution in [0.2, 0.25) is 0 Å². The molecule has 0 radical (unpaired) electrons. The van der Waals surface area contributed by atoms with Crippen molar-refractivity contribution in [3.05, 3.63) is 0 Å². The molecule has 2 unspecified atom stereocenters. The van der Waals surface area contributed by atoms with Gasteiger partial charge in [0, 0.05) is 19.0 Å². The van der Waals surface area contributed by atoms with Crippen LogP contribution in [0.25, 0.3) is 0 Å². The van der Waals surface area contributed by atoms with Crippen LogP contribution in [-0.4, -0.2) is 18.4 Å². The van der Waals surface area contributed by atoms with Crippen molar-refractivity contribution in [2.75, 3.05) is 6.54 Å². The summed E-state index contributed by atoms with van der Waals surface area (Å²) in [5, 5.41) is 3.70. The quantitative estimate of drug-likeness (QED) is 0.658. The topological polar surface area (TPSA) is 24.4 Å². The van der Waals surface area contributed by atoms with Crippen LogP contribution in [0.3, 0.4) is 0 Å². The zero-order valence-corrected chi connectivity index (χ0v) is 9.97. The Morgan fingerprint density at radius 1 is 1.07 bits per heavy atom. The second-order valence-corrected chi connectivity index (χ2v) is 5.15. The predicted octanol–water partition coefficient (Wildman–Crippen LogP) is 3.13. The Bertz CT molecular complexity index is 223. The fraction of sp³-hybridized carbons (Fsp3) is 0.923. The van der Waals surface area contributed by atoms with Gasteiger partial charge >= 0.3 is 0 Å². The molecule has 2 aliphatic rings. The molecule has 1 heterocycles. The molecule has 0 amide bonds. The van der Waals surface area contributed by atoms with Crippen molar-refractivity contribution >= 4 is 5.84 Å². The highest BCUT2D eigenvalue weighted by atomic mass is 15.0. The van der Waals surface area contributed by atoms with Crippen molar-refractivity contribution in [2.45, 2.75) is 64.3 Å². The number of rotatable bonds is 1. The minimum absolute atomic E-state index is 0.698. The van der Waals surface area contributed by atoms with E-state index in [1.54, 1.807) is 0 Å². The summed E-state index contributed by atoms with van der Waals surface area (Å²) in [6.45, 7) is 3.44. The van der Waals surface area contributed by atoms with Crippen LogP contribution in [-0.2, 0) is 0 Å². The number of nitrogens with zero attached hydrogens (tertiary/aromatic N) is 1. The zero-order chi connectivity index (χ0) is 10.5. The van der Waals surface area contributed by atoms with Crippen LogP contribution in [0, 0.1) is 5.92 Å². The molecule has 2 atom stereocenters. The van der Waals surface area contributed by atoms with Crippen LogP contribution in [0.15, 0.2) is 4.99 Å². The molecule has 2 heteroatoms. The van der Waals surface area contributed by atoms with E-state index in [0.717, 1.165) is 12.5 Å². The Morgan fingerprint density at radius 2 is 1.93 bits per heavy atom. The summed E-state index contributed by atoms with van der Waals surface area (Å²) in [5.41, 5.74) is 0. The van der Waals surface area contributed by atoms with Crippen molar-refractivity contribution < 1.29 is 0 Å². The van der Waals surface area contributed by atoms with Gasteiger partial charge in [0.1, 0.15) is 0 Å². The van der Waals surface area contributed by atoms with Crippen molar-refractivity contribution in [1.82, 2.24) is 5.32 Å². The Kier molecular flexibility index (Phi) is 4.04. The van der Waals surface area contributed by atoms with Gasteiger partial charge in [0.05, 0.1) is 5.84 Å². The number of hydrogen-bond donors (Lipinski definition) is 1. The number of amidine groups is 1. The van der Waals surface area contributed by atoms with E-state index in [1.807, 2.05) is 0 Å². The smallest absolute Gasteiger partial charge is 0.0965 e. The lowest BCUT2D eigenvalue weighted by atomic mass is 9.96. The molecule has 1 N–H and O–H groups in total. The van der Waals surface area contributed by atoms with Gasteiger partial charge in [-0.25, -0.2) is 0 Å². The van der Waals surface area contributed by atoms with Crippen LogP contribution < -0.4 is 5.32 Å². The number of nitrogens with one attached hydrogen (secondary N) is 1. The molecule has 2 rings (SSSR count). The van der Waals surface area contributed by atoms with Crippen LogP contribution >= 0.6 is 0 Å². The Hall–Kier alpha value is -0.530. The molecular formula is C13H24N2. The maximum Gasteiger partial charge on any atom is 0.0965 e. The molecule has 0 aromatic heterocycles. The lowest BCUT2D eigenvalue weighted by Crippen LogP contribution is -2.39. The van der Waals surface area contributed by atoms with Crippen LogP contribution in [0.1, 0.15) is 58.3 Å². The molecule has 0 bridgehead atoms. The van der Waals surface area contributed by atoms with Gasteiger partial charge in [-0.1, -0.05) is 26.2 Å². The maximum absolute atomic E-state index is 4.59. The summed E-state index contributed by atoms with van der Waals surface area (Å²) >= 11 is 0. The third kappa shape index (κ3) is 3.22. The first-order valence-corrected chi connectivity index (χ1v) is 6.66. The molecule has 2 nitrogen and oxygen atoms in total. The third-order valence-corrected chi connectivity index (χ3v) is 3.84. The highest BCUT2D eigenvalue weighted by molar-refractivity contribution is 5.82. The van der Waals surface area contributed by atoms with E-state index >= 15 is 0 Å². The molecule has 1 saturated carbocycles. The highest BCUT2D eigenvalue weighted by Gasteiger charge is 2.20. The number of hydrogen-bond acceptors (Lipinski definition) is 2. The highest BCUT2D eigenvalue weighted by Crippen LogP contribution is 2.23. The fourth-order valence-corrected chi connectivity index (χ4v) is 2.74. The van der Waals surface area contributed by atoms with E-state index in [9.17, 15) is 0 Å². The largest absolute Gasteiger partial charge is 0.371 e. The van der Waals surface area contributed by atoms with E-state index in [-0.39, 0.29) is 0 Å². The van der Waals surface area contributed by atoms with Gasteiger partial charge in [-0.15, -0.1) is 0 Å². The summed E-state index contributed by atoms with van der Waals surface area (Å²) in [5.74, 6) is 2.12. The summed E-state index contributed by atoms with van der Waals surface area (Å²) in [6, 6.07) is 0.698. The first-order chi connectivity index (χ1) is 7.36. The molecule has 1 aliphatic carbocycles. The average molecular weight is 208 g/mol. The van der Waals surface area contributed by atoms with Crippen molar-refractivity contribution in [3.8, 4) is 0 Å². The standard InChI is InChI=1S/C13H24N2/c1-11-7-3-2-4-8-12(11)15-13-9-5-6-10-14-13/h11-12H,2-10H2,1H3,(H,14,15). The van der Waals surface area contributed by atoms with E-state index < -0.39 is 0 Å². The van der Waals surface area contributed by atoms with Crippen molar-refractivity contribution in [1.29, 1.82) is 0 Å². The minimum atomic E-state index is 0.698. The van der Waals surface area contributed by atoms with E-state index in [1.165, 1.54) is 57.2 Å². The van der Waals surface area contributed by atoms with Gasteiger partial charge in [-0.3, -0.25) is 4.99 Å². The Labute approximate surface area is 93.6 Å². The lowest BCUT2D eigenvalue weighted by Gasteiger charge is -2.26. The Morgan fingerprint density at radius 3 is 2.73 bits per heavy atom. The van der Waals surface area contributed by atoms with Crippen LogP contribution in [0.4, 0.5) is 0 Å². The predicted molar refractivity (Wildman–Crippen MR) is 65.3 cm³/mol. The lowest BCUT2D eigenvalue weighted by molar-refractivity contribution is 0.396. The van der Waals surface area contributed by atoms with E-state index in [0.29, 0.717) is 6.04 Å². The SMILES string of the molecule is CC1CCCCCC1NC1=NCCCC1. The van der Waals surface area contributed by atoms with E-state index in [2.05, 4.69) is 17.2 Å². The summed E-state index contributed by atoms with van der Waals surface area (Å²) in [4.78, 5) is 4.59. The monoisotopic (exact) mass is 208 g/mol. The van der Waals surface area contributed by atoms with Gasteiger partial charge in [0.25, 0.3) is 0 Å². The Balaban J connectivity index is 1.87. The summed E-state index contributed by atoms with van der Waals surface area (Å²) in [7, 11) is 0. The maximum atomic E-state index is 4.59. The molecule has 0 aromatic carbocycles. The second-order valence-electron chi connectivity index (χ2n) is 5.15. The second kappa shape index (κ2) is 5.53. The summed E-state index contributed by atoms with van der Waals surface area (Å²) in [6.07, 6.45) is 10.8.